The first-order valence-corrected chi connectivity index (χ1v) is 10.1. The summed E-state index contributed by atoms with van der Waals surface area (Å²) in [4.78, 5) is 30.0. The molecule has 0 spiro atoms. The Morgan fingerprint density at radius 3 is 2.52 bits per heavy atom. The standard InChI is InChI=1S/C24H22F2N2O3/c1-24(2)22(29)21(28-31-24)16-6-3-5-15(13-16)14-9-11-17(12-10-14)27-23(30)20-18(25)7-4-8-19(20)26/h3-4,6-9,11-15H,5,10H2,1-2H3,(H,27,30). The molecule has 1 amide bonds. The van der Waals surface area contributed by atoms with Crippen molar-refractivity contribution in [2.45, 2.75) is 32.3 Å². The molecule has 7 heteroatoms. The molecule has 3 aliphatic rings. The van der Waals surface area contributed by atoms with Gasteiger partial charge in [-0.1, -0.05) is 41.6 Å². The van der Waals surface area contributed by atoms with Gasteiger partial charge in [-0.3, -0.25) is 9.59 Å². The van der Waals surface area contributed by atoms with Gasteiger partial charge in [0.2, 0.25) is 5.78 Å². The number of halogens is 2. The van der Waals surface area contributed by atoms with Crippen LogP contribution in [0.3, 0.4) is 0 Å². The first kappa shape index (κ1) is 20.9. The molecule has 0 saturated carbocycles. The van der Waals surface area contributed by atoms with Crippen LogP contribution in [0.15, 0.2) is 71.1 Å². The van der Waals surface area contributed by atoms with Crippen molar-refractivity contribution in [3.8, 4) is 0 Å². The number of hydrogen-bond acceptors (Lipinski definition) is 4. The molecule has 5 nitrogen and oxygen atoms in total. The monoisotopic (exact) mass is 424 g/mol. The zero-order valence-electron chi connectivity index (χ0n) is 17.2. The van der Waals surface area contributed by atoms with E-state index < -0.39 is 28.7 Å². The summed E-state index contributed by atoms with van der Waals surface area (Å²) in [5.74, 6) is -2.48. The molecule has 1 aliphatic heterocycles. The number of amides is 1. The van der Waals surface area contributed by atoms with Crippen LogP contribution in [-0.2, 0) is 9.63 Å². The highest BCUT2D eigenvalue weighted by molar-refractivity contribution is 6.50. The van der Waals surface area contributed by atoms with Crippen LogP contribution in [0.1, 0.15) is 37.0 Å². The van der Waals surface area contributed by atoms with Crippen LogP contribution in [0.4, 0.5) is 8.78 Å². The fourth-order valence-electron chi connectivity index (χ4n) is 3.83. The molecule has 0 radical (unpaired) electrons. The van der Waals surface area contributed by atoms with E-state index in [0.29, 0.717) is 17.8 Å². The number of carbonyl (C=O) groups excluding carboxylic acids is 2. The lowest BCUT2D eigenvalue weighted by Gasteiger charge is -2.25. The molecule has 0 saturated heterocycles. The van der Waals surface area contributed by atoms with E-state index in [1.165, 1.54) is 6.07 Å². The zero-order valence-corrected chi connectivity index (χ0v) is 17.2. The van der Waals surface area contributed by atoms with Crippen LogP contribution >= 0.6 is 0 Å². The molecule has 2 atom stereocenters. The van der Waals surface area contributed by atoms with Crippen LogP contribution in [0.5, 0.6) is 0 Å². The second kappa shape index (κ2) is 8.06. The summed E-state index contributed by atoms with van der Waals surface area (Å²) in [5, 5.41) is 6.52. The zero-order chi connectivity index (χ0) is 22.2. The van der Waals surface area contributed by atoms with Crippen molar-refractivity contribution in [3.63, 3.8) is 0 Å². The summed E-state index contributed by atoms with van der Waals surface area (Å²) in [6.45, 7) is 3.38. The van der Waals surface area contributed by atoms with E-state index in [9.17, 15) is 18.4 Å². The molecule has 1 aromatic carbocycles. The molecular weight excluding hydrogens is 402 g/mol. The summed E-state index contributed by atoms with van der Waals surface area (Å²) in [6, 6.07) is 3.31. The van der Waals surface area contributed by atoms with Gasteiger partial charge in [0.15, 0.2) is 11.3 Å². The number of nitrogens with zero attached hydrogens (tertiary/aromatic N) is 1. The molecule has 0 bridgehead atoms. The number of rotatable bonds is 4. The van der Waals surface area contributed by atoms with E-state index in [0.717, 1.165) is 24.1 Å². The predicted octanol–water partition coefficient (Wildman–Crippen LogP) is 4.39. The van der Waals surface area contributed by atoms with E-state index in [4.69, 9.17) is 4.84 Å². The number of nitrogens with one attached hydrogen (secondary N) is 1. The molecule has 1 N–H and O–H groups in total. The second-order valence-corrected chi connectivity index (χ2v) is 8.26. The third kappa shape index (κ3) is 4.13. The van der Waals surface area contributed by atoms with Crippen molar-refractivity contribution in [1.82, 2.24) is 5.32 Å². The van der Waals surface area contributed by atoms with Crippen LogP contribution in [0.2, 0.25) is 0 Å². The lowest BCUT2D eigenvalue weighted by molar-refractivity contribution is -0.128. The topological polar surface area (TPSA) is 67.8 Å². The minimum Gasteiger partial charge on any atom is -0.381 e. The minimum atomic E-state index is -0.949. The number of ketones is 1. The highest BCUT2D eigenvalue weighted by Crippen LogP contribution is 2.33. The normalized spacial score (nSPS) is 24.3. The molecule has 1 heterocycles. The summed E-state index contributed by atoms with van der Waals surface area (Å²) in [5.41, 5.74) is 0.0235. The largest absolute Gasteiger partial charge is 0.381 e. The van der Waals surface area contributed by atoms with Gasteiger partial charge in [-0.15, -0.1) is 0 Å². The maximum Gasteiger partial charge on any atom is 0.261 e. The molecular formula is C24H22F2N2O3. The summed E-state index contributed by atoms with van der Waals surface area (Å²) >= 11 is 0. The predicted molar refractivity (Wildman–Crippen MR) is 112 cm³/mol. The lowest BCUT2D eigenvalue weighted by atomic mass is 9.79. The molecule has 2 aliphatic carbocycles. The number of carbonyl (C=O) groups is 2. The number of oxime groups is 1. The lowest BCUT2D eigenvalue weighted by Crippen LogP contribution is -2.33. The van der Waals surface area contributed by atoms with Gasteiger partial charge in [-0.05, 0) is 56.7 Å². The Bertz CT molecular complexity index is 1080. The average molecular weight is 424 g/mol. The molecule has 4 rings (SSSR count). The summed E-state index contributed by atoms with van der Waals surface area (Å²) in [7, 11) is 0. The van der Waals surface area contributed by atoms with Gasteiger partial charge in [0.25, 0.3) is 5.91 Å². The van der Waals surface area contributed by atoms with E-state index in [2.05, 4.69) is 10.5 Å². The molecule has 160 valence electrons. The van der Waals surface area contributed by atoms with Crippen molar-refractivity contribution in [2.24, 2.45) is 17.0 Å². The van der Waals surface area contributed by atoms with Gasteiger partial charge in [0.1, 0.15) is 17.2 Å². The Balaban J connectivity index is 1.42. The Labute approximate surface area is 178 Å². The first-order chi connectivity index (χ1) is 14.8. The fourth-order valence-corrected chi connectivity index (χ4v) is 3.83. The van der Waals surface area contributed by atoms with Crippen LogP contribution in [-0.4, -0.2) is 23.0 Å². The molecule has 1 aromatic rings. The number of Topliss-reactive ketones (excluding diaryl/α,β-unsaturated/α-hetero) is 1. The van der Waals surface area contributed by atoms with E-state index in [1.54, 1.807) is 19.9 Å². The maximum absolute atomic E-state index is 13.8. The molecule has 31 heavy (non-hydrogen) atoms. The molecule has 2 unspecified atom stereocenters. The van der Waals surface area contributed by atoms with Crippen LogP contribution in [0, 0.1) is 23.5 Å². The third-order valence-corrected chi connectivity index (χ3v) is 5.63. The number of hydrogen-bond donors (Lipinski definition) is 1. The van der Waals surface area contributed by atoms with Crippen LogP contribution in [0.25, 0.3) is 0 Å². The van der Waals surface area contributed by atoms with Crippen molar-refractivity contribution in [2.75, 3.05) is 0 Å². The summed E-state index contributed by atoms with van der Waals surface area (Å²) in [6.07, 6.45) is 12.9. The van der Waals surface area contributed by atoms with E-state index in [1.807, 2.05) is 30.4 Å². The van der Waals surface area contributed by atoms with Gasteiger partial charge >= 0.3 is 0 Å². The van der Waals surface area contributed by atoms with Gasteiger partial charge in [0.05, 0.1) is 0 Å². The van der Waals surface area contributed by atoms with Gasteiger partial charge in [-0.25, -0.2) is 8.78 Å². The minimum absolute atomic E-state index is 0.145. The smallest absolute Gasteiger partial charge is 0.261 e. The molecule has 0 fully saturated rings. The SMILES string of the molecule is CC1(C)ON=C(C2=CC(C3C=CC(NC(=O)c4c(F)cccc4F)=CC3)CC=C2)C1=O. The van der Waals surface area contributed by atoms with Gasteiger partial charge in [0, 0.05) is 11.3 Å². The maximum atomic E-state index is 13.8. The fraction of sp³-hybridized carbons (Fsp3) is 0.292. The Kier molecular flexibility index (Phi) is 5.43. The molecule has 0 aromatic heterocycles. The van der Waals surface area contributed by atoms with Crippen molar-refractivity contribution < 1.29 is 23.2 Å². The van der Waals surface area contributed by atoms with Crippen molar-refractivity contribution in [1.29, 1.82) is 0 Å². The van der Waals surface area contributed by atoms with Crippen molar-refractivity contribution in [3.05, 3.63) is 83.1 Å². The third-order valence-electron chi connectivity index (χ3n) is 5.63. The highest BCUT2D eigenvalue weighted by atomic mass is 19.1. The van der Waals surface area contributed by atoms with E-state index in [-0.39, 0.29) is 17.6 Å². The Morgan fingerprint density at radius 2 is 1.90 bits per heavy atom. The first-order valence-electron chi connectivity index (χ1n) is 10.1. The number of allylic oxidation sites excluding steroid dienone is 7. The number of benzene rings is 1. The summed E-state index contributed by atoms with van der Waals surface area (Å²) < 4.78 is 27.6. The average Bonchev–Trinajstić information content (AvgIpc) is 3.01. The quantitative estimate of drug-likeness (QED) is 0.780. The Hall–Kier alpha value is -3.35. The Morgan fingerprint density at radius 1 is 1.16 bits per heavy atom. The second-order valence-electron chi connectivity index (χ2n) is 8.26. The van der Waals surface area contributed by atoms with Crippen LogP contribution < -0.4 is 5.32 Å². The highest BCUT2D eigenvalue weighted by Gasteiger charge is 2.41. The van der Waals surface area contributed by atoms with E-state index >= 15 is 0 Å². The van der Waals surface area contributed by atoms with Gasteiger partial charge in [-0.2, -0.15) is 0 Å². The van der Waals surface area contributed by atoms with Crippen molar-refractivity contribution >= 4 is 17.4 Å². The van der Waals surface area contributed by atoms with Gasteiger partial charge < -0.3 is 10.2 Å².